The molecule has 4 rings (SSSR count). The molecular weight excluding hydrogens is 392 g/mol. The lowest BCUT2D eigenvalue weighted by Crippen LogP contribution is -2.14. The molecule has 0 amide bonds. The van der Waals surface area contributed by atoms with Gasteiger partial charge in [-0.25, -0.2) is 13.4 Å². The van der Waals surface area contributed by atoms with Crippen molar-refractivity contribution >= 4 is 26.7 Å². The smallest absolute Gasteiger partial charge is 0.265 e. The quantitative estimate of drug-likeness (QED) is 0.504. The molecule has 2 aromatic heterocycles. The van der Waals surface area contributed by atoms with Gasteiger partial charge in [-0.2, -0.15) is 0 Å². The number of fused-ring (bicyclic) bond motifs is 1. The van der Waals surface area contributed by atoms with Gasteiger partial charge in [-0.3, -0.25) is 4.72 Å². The van der Waals surface area contributed by atoms with Crippen molar-refractivity contribution < 1.29 is 17.7 Å². The van der Waals surface area contributed by atoms with Crippen LogP contribution in [-0.4, -0.2) is 30.7 Å². The maximum Gasteiger partial charge on any atom is 0.265 e. The van der Waals surface area contributed by atoms with Crippen LogP contribution in [0.5, 0.6) is 5.75 Å². The lowest BCUT2D eigenvalue weighted by Gasteiger charge is -2.13. The van der Waals surface area contributed by atoms with E-state index in [0.717, 1.165) is 16.8 Å². The summed E-state index contributed by atoms with van der Waals surface area (Å²) in [5, 5.41) is 3.98. The third kappa shape index (κ3) is 3.56. The van der Waals surface area contributed by atoms with Crippen LogP contribution in [0.25, 0.3) is 22.2 Å². The molecular formula is C20H22N4O4S. The number of H-pyrrole nitrogens is 1. The molecule has 0 atom stereocenters. The first-order valence-electron chi connectivity index (χ1n) is 8.47. The van der Waals surface area contributed by atoms with Crippen molar-refractivity contribution in [1.82, 2.24) is 15.1 Å². The number of sulfonamides is 1. The highest BCUT2D eigenvalue weighted by atomic mass is 32.2. The number of ether oxygens (including phenoxy) is 1. The van der Waals surface area contributed by atoms with Crippen LogP contribution in [-0.2, 0) is 10.0 Å². The number of aromatic amines is 1. The van der Waals surface area contributed by atoms with Crippen molar-refractivity contribution in [3.63, 3.8) is 0 Å². The number of aryl methyl sites for hydroxylation is 2. The third-order valence-corrected chi connectivity index (χ3v) is 5.85. The molecule has 0 saturated heterocycles. The predicted molar refractivity (Wildman–Crippen MR) is 112 cm³/mol. The minimum absolute atomic E-state index is 0. The second-order valence-electron chi connectivity index (χ2n) is 6.28. The fourth-order valence-electron chi connectivity index (χ4n) is 3.21. The molecule has 0 aliphatic heterocycles. The van der Waals surface area contributed by atoms with Crippen LogP contribution in [0, 0.1) is 13.8 Å². The number of para-hydroxylation sites is 1. The third-order valence-electron chi connectivity index (χ3n) is 4.45. The fourth-order valence-corrected chi connectivity index (χ4v) is 4.44. The summed E-state index contributed by atoms with van der Waals surface area (Å²) in [5.41, 5.74) is 3.85. The summed E-state index contributed by atoms with van der Waals surface area (Å²) in [5.74, 6) is 0.907. The monoisotopic (exact) mass is 414 g/mol. The number of nitrogens with one attached hydrogen (secondary N) is 2. The van der Waals surface area contributed by atoms with Crippen molar-refractivity contribution in [2.24, 2.45) is 0 Å². The average Bonchev–Trinajstić information content (AvgIpc) is 3.27. The maximum absolute atomic E-state index is 13.0. The first kappa shape index (κ1) is 20.4. The zero-order chi connectivity index (χ0) is 19.9. The minimum atomic E-state index is -3.90. The zero-order valence-corrected chi connectivity index (χ0v) is 16.3. The first-order chi connectivity index (χ1) is 13.4. The molecule has 0 radical (unpaired) electrons. The van der Waals surface area contributed by atoms with Gasteiger partial charge >= 0.3 is 0 Å². The summed E-state index contributed by atoms with van der Waals surface area (Å²) < 4.78 is 39.1. The predicted octanol–water partition coefficient (Wildman–Crippen LogP) is 4.28. The van der Waals surface area contributed by atoms with E-state index in [9.17, 15) is 8.42 Å². The molecule has 4 aromatic rings. The van der Waals surface area contributed by atoms with Gasteiger partial charge in [0.05, 0.1) is 30.3 Å². The Morgan fingerprint density at radius 3 is 2.62 bits per heavy atom. The van der Waals surface area contributed by atoms with Crippen LogP contribution in [0.4, 0.5) is 5.69 Å². The molecule has 0 unspecified atom stereocenters. The number of hydrogen-bond donors (Lipinski definition) is 2. The molecule has 29 heavy (non-hydrogen) atoms. The molecule has 0 aliphatic rings. The SMILES string of the molecule is C.COc1ccccc1S(=O)(=O)Nc1cc(-c2c(C)noc2C)cc2[nH]cnc12. The number of nitrogens with zero attached hydrogens (tertiary/aromatic N) is 2. The second kappa shape index (κ2) is 7.59. The number of imidazole rings is 1. The van der Waals surface area contributed by atoms with Crippen LogP contribution in [0.2, 0.25) is 0 Å². The number of hydrogen-bond acceptors (Lipinski definition) is 6. The molecule has 2 N–H and O–H groups in total. The number of benzene rings is 2. The van der Waals surface area contributed by atoms with Gasteiger partial charge in [0.2, 0.25) is 0 Å². The molecule has 8 nitrogen and oxygen atoms in total. The van der Waals surface area contributed by atoms with E-state index in [-0.39, 0.29) is 18.1 Å². The van der Waals surface area contributed by atoms with Gasteiger partial charge in [-0.05, 0) is 43.7 Å². The second-order valence-corrected chi connectivity index (χ2v) is 7.93. The molecule has 0 bridgehead atoms. The Morgan fingerprint density at radius 1 is 1.17 bits per heavy atom. The van der Waals surface area contributed by atoms with Gasteiger partial charge in [0.1, 0.15) is 21.9 Å². The van der Waals surface area contributed by atoms with Crippen molar-refractivity contribution in [2.75, 3.05) is 11.8 Å². The molecule has 0 saturated carbocycles. The summed E-state index contributed by atoms with van der Waals surface area (Å²) in [4.78, 5) is 7.33. The zero-order valence-electron chi connectivity index (χ0n) is 15.5. The molecule has 9 heteroatoms. The van der Waals surface area contributed by atoms with E-state index in [1.807, 2.05) is 19.9 Å². The number of rotatable bonds is 5. The normalized spacial score (nSPS) is 11.3. The standard InChI is InChI=1S/C19H18N4O4S.CH4/c1-11-18(12(2)27-22-11)13-8-14-19(21-10-20-14)15(9-13)23-28(24,25)17-7-5-4-6-16(17)26-3;/h4-10,23H,1-3H3,(H,20,21);1H4. The Kier molecular flexibility index (Phi) is 5.34. The van der Waals surface area contributed by atoms with Crippen molar-refractivity contribution in [1.29, 1.82) is 0 Å². The Hall–Kier alpha value is -3.33. The summed E-state index contributed by atoms with van der Waals surface area (Å²) in [7, 11) is -2.47. The lowest BCUT2D eigenvalue weighted by molar-refractivity contribution is 0.393. The number of anilines is 1. The van der Waals surface area contributed by atoms with Crippen molar-refractivity contribution in [3.05, 3.63) is 54.2 Å². The molecule has 2 heterocycles. The Bertz CT molecular complexity index is 1260. The van der Waals surface area contributed by atoms with E-state index in [1.165, 1.54) is 19.5 Å². The highest BCUT2D eigenvalue weighted by Crippen LogP contribution is 2.34. The lowest BCUT2D eigenvalue weighted by atomic mass is 10.0. The summed E-state index contributed by atoms with van der Waals surface area (Å²) in [6.07, 6.45) is 1.52. The van der Waals surface area contributed by atoms with Crippen LogP contribution in [0.3, 0.4) is 0 Å². The number of aromatic nitrogens is 3. The molecule has 0 spiro atoms. The van der Waals surface area contributed by atoms with E-state index in [1.54, 1.807) is 24.3 Å². The highest BCUT2D eigenvalue weighted by Gasteiger charge is 2.22. The molecule has 2 aromatic carbocycles. The van der Waals surface area contributed by atoms with Gasteiger partial charge in [0.15, 0.2) is 0 Å². The summed E-state index contributed by atoms with van der Waals surface area (Å²) >= 11 is 0. The number of methoxy groups -OCH3 is 1. The van der Waals surface area contributed by atoms with Gasteiger partial charge in [-0.1, -0.05) is 24.7 Å². The van der Waals surface area contributed by atoms with E-state index in [0.29, 0.717) is 22.5 Å². The van der Waals surface area contributed by atoms with Gasteiger partial charge in [0.25, 0.3) is 10.0 Å². The van der Waals surface area contributed by atoms with E-state index in [4.69, 9.17) is 9.26 Å². The van der Waals surface area contributed by atoms with Crippen LogP contribution >= 0.6 is 0 Å². The maximum atomic E-state index is 13.0. The van der Waals surface area contributed by atoms with E-state index >= 15 is 0 Å². The Labute approximate surface area is 169 Å². The van der Waals surface area contributed by atoms with Crippen LogP contribution < -0.4 is 9.46 Å². The molecule has 152 valence electrons. The topological polar surface area (TPSA) is 110 Å². The summed E-state index contributed by atoms with van der Waals surface area (Å²) in [6.45, 7) is 3.65. The summed E-state index contributed by atoms with van der Waals surface area (Å²) in [6, 6.07) is 10.0. The van der Waals surface area contributed by atoms with Gasteiger partial charge < -0.3 is 14.2 Å². The first-order valence-corrected chi connectivity index (χ1v) is 9.95. The highest BCUT2D eigenvalue weighted by molar-refractivity contribution is 7.92. The Morgan fingerprint density at radius 2 is 1.93 bits per heavy atom. The fraction of sp³-hybridized carbons (Fsp3) is 0.200. The Balaban J connectivity index is 0.00000240. The van der Waals surface area contributed by atoms with Crippen LogP contribution in [0.15, 0.2) is 52.1 Å². The van der Waals surface area contributed by atoms with E-state index < -0.39 is 10.0 Å². The largest absolute Gasteiger partial charge is 0.495 e. The molecule has 0 fully saturated rings. The van der Waals surface area contributed by atoms with Crippen molar-refractivity contribution in [2.45, 2.75) is 26.2 Å². The minimum Gasteiger partial charge on any atom is -0.495 e. The average molecular weight is 414 g/mol. The molecule has 0 aliphatic carbocycles. The van der Waals surface area contributed by atoms with Crippen molar-refractivity contribution in [3.8, 4) is 16.9 Å². The van der Waals surface area contributed by atoms with Gasteiger partial charge in [-0.15, -0.1) is 0 Å². The van der Waals surface area contributed by atoms with E-state index in [2.05, 4.69) is 19.8 Å². The van der Waals surface area contributed by atoms with Crippen LogP contribution in [0.1, 0.15) is 18.9 Å². The van der Waals surface area contributed by atoms with Gasteiger partial charge in [0, 0.05) is 5.56 Å².